The van der Waals surface area contributed by atoms with Crippen molar-refractivity contribution in [2.24, 2.45) is 0 Å². The molecule has 0 bridgehead atoms. The number of nitrogens with zero attached hydrogens (tertiary/aromatic N) is 1. The maximum atomic E-state index is 3.45. The maximum Gasteiger partial charge on any atom is 0.0686 e. The van der Waals surface area contributed by atoms with Crippen molar-refractivity contribution in [3.05, 3.63) is 22.4 Å². The van der Waals surface area contributed by atoms with Crippen molar-refractivity contribution in [3.8, 4) is 0 Å². The van der Waals surface area contributed by atoms with Gasteiger partial charge in [-0.05, 0) is 38.5 Å². The summed E-state index contributed by atoms with van der Waals surface area (Å²) in [5, 5.41) is 5.61. The van der Waals surface area contributed by atoms with E-state index in [1.54, 1.807) is 0 Å². The lowest BCUT2D eigenvalue weighted by Gasteiger charge is -2.34. The molecule has 1 aliphatic rings. The summed E-state index contributed by atoms with van der Waals surface area (Å²) in [7, 11) is 4.35. The first-order valence-corrected chi connectivity index (χ1v) is 5.56. The standard InChI is InChI=1S/C10H16N2S/c1-12(2)10(5-6-11-8-10)9-4-3-7-13-9/h3-4,7,11H,5-6,8H2,1-2H3. The number of rotatable bonds is 2. The fourth-order valence-electron chi connectivity index (χ4n) is 2.03. The van der Waals surface area contributed by atoms with Crippen LogP contribution in [0.2, 0.25) is 0 Å². The predicted octanol–water partition coefficient (Wildman–Crippen LogP) is 1.50. The zero-order valence-corrected chi connectivity index (χ0v) is 9.03. The molecule has 72 valence electrons. The van der Waals surface area contributed by atoms with E-state index in [9.17, 15) is 0 Å². The second kappa shape index (κ2) is 3.40. The summed E-state index contributed by atoms with van der Waals surface area (Å²) >= 11 is 1.87. The van der Waals surface area contributed by atoms with Crippen molar-refractivity contribution in [3.63, 3.8) is 0 Å². The Morgan fingerprint density at radius 3 is 2.85 bits per heavy atom. The summed E-state index contributed by atoms with van der Waals surface area (Å²) in [5.41, 5.74) is 0.258. The Morgan fingerprint density at radius 2 is 2.38 bits per heavy atom. The van der Waals surface area contributed by atoms with E-state index < -0.39 is 0 Å². The van der Waals surface area contributed by atoms with E-state index in [1.807, 2.05) is 11.3 Å². The molecule has 0 amide bonds. The molecule has 0 aliphatic carbocycles. The van der Waals surface area contributed by atoms with Gasteiger partial charge in [0.15, 0.2) is 0 Å². The number of thiophene rings is 1. The average molecular weight is 196 g/mol. The molecule has 0 spiro atoms. The molecule has 2 nitrogen and oxygen atoms in total. The summed E-state index contributed by atoms with van der Waals surface area (Å²) in [6.07, 6.45) is 1.22. The minimum atomic E-state index is 0.258. The lowest BCUT2D eigenvalue weighted by atomic mass is 9.95. The van der Waals surface area contributed by atoms with E-state index in [2.05, 4.69) is 41.8 Å². The van der Waals surface area contributed by atoms with Gasteiger partial charge in [-0.15, -0.1) is 11.3 Å². The molecule has 0 saturated carbocycles. The number of hydrogen-bond acceptors (Lipinski definition) is 3. The normalized spacial score (nSPS) is 28.5. The summed E-state index contributed by atoms with van der Waals surface area (Å²) in [4.78, 5) is 3.83. The van der Waals surface area contributed by atoms with Crippen molar-refractivity contribution in [1.82, 2.24) is 10.2 Å². The van der Waals surface area contributed by atoms with E-state index >= 15 is 0 Å². The molecular weight excluding hydrogens is 180 g/mol. The molecule has 0 radical (unpaired) electrons. The van der Waals surface area contributed by atoms with Crippen LogP contribution in [0, 0.1) is 0 Å². The SMILES string of the molecule is CN(C)C1(c2cccs2)CCNC1. The van der Waals surface area contributed by atoms with Crippen molar-refractivity contribution in [2.75, 3.05) is 27.2 Å². The van der Waals surface area contributed by atoms with Gasteiger partial charge in [-0.2, -0.15) is 0 Å². The Bertz CT molecular complexity index is 260. The van der Waals surface area contributed by atoms with Gasteiger partial charge in [0.2, 0.25) is 0 Å². The zero-order chi connectivity index (χ0) is 9.31. The molecule has 1 saturated heterocycles. The van der Waals surface area contributed by atoms with Gasteiger partial charge >= 0.3 is 0 Å². The van der Waals surface area contributed by atoms with Gasteiger partial charge < -0.3 is 5.32 Å². The summed E-state index contributed by atoms with van der Waals surface area (Å²) < 4.78 is 0. The van der Waals surface area contributed by atoms with Crippen LogP contribution in [0.1, 0.15) is 11.3 Å². The molecule has 1 aromatic heterocycles. The first kappa shape index (κ1) is 9.19. The summed E-state index contributed by atoms with van der Waals surface area (Å²) in [6.45, 7) is 2.22. The molecule has 13 heavy (non-hydrogen) atoms. The van der Waals surface area contributed by atoms with E-state index in [1.165, 1.54) is 11.3 Å². The van der Waals surface area contributed by atoms with Crippen LogP contribution in [0.5, 0.6) is 0 Å². The van der Waals surface area contributed by atoms with Gasteiger partial charge in [-0.1, -0.05) is 6.07 Å². The molecule has 2 heterocycles. The van der Waals surface area contributed by atoms with Crippen molar-refractivity contribution in [1.29, 1.82) is 0 Å². The van der Waals surface area contributed by atoms with Gasteiger partial charge in [-0.3, -0.25) is 4.90 Å². The zero-order valence-electron chi connectivity index (χ0n) is 8.21. The first-order valence-electron chi connectivity index (χ1n) is 4.68. The van der Waals surface area contributed by atoms with Crippen molar-refractivity contribution in [2.45, 2.75) is 12.0 Å². The first-order chi connectivity index (χ1) is 6.26. The van der Waals surface area contributed by atoms with E-state index in [4.69, 9.17) is 0 Å². The highest BCUT2D eigenvalue weighted by molar-refractivity contribution is 7.10. The lowest BCUT2D eigenvalue weighted by molar-refractivity contribution is 0.179. The highest BCUT2D eigenvalue weighted by atomic mass is 32.1. The maximum absolute atomic E-state index is 3.45. The van der Waals surface area contributed by atoms with Crippen LogP contribution in [-0.2, 0) is 5.54 Å². The fourth-order valence-corrected chi connectivity index (χ4v) is 3.07. The Morgan fingerprint density at radius 1 is 1.54 bits per heavy atom. The third kappa shape index (κ3) is 1.41. The number of nitrogens with one attached hydrogen (secondary N) is 1. The van der Waals surface area contributed by atoms with Crippen LogP contribution in [0.3, 0.4) is 0 Å². The van der Waals surface area contributed by atoms with Gasteiger partial charge in [0.1, 0.15) is 0 Å². The average Bonchev–Trinajstić information content (AvgIpc) is 2.75. The molecule has 0 aromatic carbocycles. The Labute approximate surface area is 83.6 Å². The molecule has 1 atom stereocenters. The van der Waals surface area contributed by atoms with Gasteiger partial charge in [0.25, 0.3) is 0 Å². The van der Waals surface area contributed by atoms with Crippen LogP contribution >= 0.6 is 11.3 Å². The highest BCUT2D eigenvalue weighted by Crippen LogP contribution is 2.35. The quantitative estimate of drug-likeness (QED) is 0.771. The molecule has 3 heteroatoms. The van der Waals surface area contributed by atoms with Crippen LogP contribution in [0.15, 0.2) is 17.5 Å². The second-order valence-corrected chi connectivity index (χ2v) is 4.78. The Kier molecular flexibility index (Phi) is 2.41. The Balaban J connectivity index is 2.33. The molecule has 1 unspecified atom stereocenters. The smallest absolute Gasteiger partial charge is 0.0686 e. The monoisotopic (exact) mass is 196 g/mol. The largest absolute Gasteiger partial charge is 0.314 e. The molecule has 1 aromatic rings. The minimum Gasteiger partial charge on any atom is -0.314 e. The van der Waals surface area contributed by atoms with Gasteiger partial charge in [0, 0.05) is 11.4 Å². The number of hydrogen-bond donors (Lipinski definition) is 1. The molecule has 1 fully saturated rings. The van der Waals surface area contributed by atoms with E-state index in [0.29, 0.717) is 0 Å². The topological polar surface area (TPSA) is 15.3 Å². The van der Waals surface area contributed by atoms with E-state index in [-0.39, 0.29) is 5.54 Å². The third-order valence-corrected chi connectivity index (χ3v) is 4.03. The van der Waals surface area contributed by atoms with Crippen LogP contribution < -0.4 is 5.32 Å². The van der Waals surface area contributed by atoms with E-state index in [0.717, 1.165) is 13.1 Å². The number of likely N-dealkylation sites (N-methyl/N-ethyl adjacent to an activating group) is 1. The molecule has 1 aliphatic heterocycles. The predicted molar refractivity (Wildman–Crippen MR) is 57.2 cm³/mol. The Hall–Kier alpha value is -0.380. The molecule has 1 N–H and O–H groups in total. The molecule has 2 rings (SSSR count). The van der Waals surface area contributed by atoms with Gasteiger partial charge in [0.05, 0.1) is 5.54 Å². The second-order valence-electron chi connectivity index (χ2n) is 3.83. The van der Waals surface area contributed by atoms with Crippen molar-refractivity contribution < 1.29 is 0 Å². The minimum absolute atomic E-state index is 0.258. The highest BCUT2D eigenvalue weighted by Gasteiger charge is 2.38. The summed E-state index contributed by atoms with van der Waals surface area (Å²) in [6, 6.07) is 4.39. The summed E-state index contributed by atoms with van der Waals surface area (Å²) in [5.74, 6) is 0. The molecular formula is C10H16N2S. The lowest BCUT2D eigenvalue weighted by Crippen LogP contribution is -2.42. The third-order valence-electron chi connectivity index (χ3n) is 2.97. The van der Waals surface area contributed by atoms with Crippen LogP contribution in [-0.4, -0.2) is 32.1 Å². The van der Waals surface area contributed by atoms with Crippen LogP contribution in [0.4, 0.5) is 0 Å². The van der Waals surface area contributed by atoms with Crippen LogP contribution in [0.25, 0.3) is 0 Å². The van der Waals surface area contributed by atoms with Crippen molar-refractivity contribution >= 4 is 11.3 Å². The van der Waals surface area contributed by atoms with Gasteiger partial charge in [-0.25, -0.2) is 0 Å². The fraction of sp³-hybridized carbons (Fsp3) is 0.600.